The van der Waals surface area contributed by atoms with Crippen molar-refractivity contribution in [1.82, 2.24) is 24.5 Å². The van der Waals surface area contributed by atoms with Crippen LogP contribution in [0.2, 0.25) is 0 Å². The van der Waals surface area contributed by atoms with E-state index in [1.165, 1.54) is 23.0 Å². The van der Waals surface area contributed by atoms with Crippen molar-refractivity contribution in [3.05, 3.63) is 82.5 Å². The van der Waals surface area contributed by atoms with Gasteiger partial charge in [-0.05, 0) is 36.6 Å². The molecule has 8 nitrogen and oxygen atoms in total. The normalized spacial score (nSPS) is 12.8. The Hall–Kier alpha value is -4.41. The number of alkyl halides is 3. The Bertz CT molecular complexity index is 1580. The zero-order valence-corrected chi connectivity index (χ0v) is 17.8. The minimum absolute atomic E-state index is 0.00285. The summed E-state index contributed by atoms with van der Waals surface area (Å²) < 4.78 is 42.5. The van der Waals surface area contributed by atoms with Gasteiger partial charge in [0.2, 0.25) is 5.95 Å². The van der Waals surface area contributed by atoms with Gasteiger partial charge in [-0.1, -0.05) is 30.3 Å². The van der Waals surface area contributed by atoms with Gasteiger partial charge in [-0.2, -0.15) is 23.1 Å². The summed E-state index contributed by atoms with van der Waals surface area (Å²) in [6, 6.07) is 13.2. The molecule has 0 spiro atoms. The van der Waals surface area contributed by atoms with Crippen LogP contribution in [0.4, 0.5) is 24.9 Å². The summed E-state index contributed by atoms with van der Waals surface area (Å²) in [6.45, 7) is 1.77. The van der Waals surface area contributed by atoms with Crippen LogP contribution in [-0.4, -0.2) is 24.5 Å². The Morgan fingerprint density at radius 3 is 2.59 bits per heavy atom. The summed E-state index contributed by atoms with van der Waals surface area (Å²) >= 11 is 0. The maximum Gasteiger partial charge on any atom is 0.417 e. The third-order valence-electron chi connectivity index (χ3n) is 5.49. The highest BCUT2D eigenvalue weighted by molar-refractivity contribution is 5.87. The lowest BCUT2D eigenvalue weighted by atomic mass is 10.0. The molecule has 0 saturated carbocycles. The molecule has 3 aromatic heterocycles. The van der Waals surface area contributed by atoms with Crippen molar-refractivity contribution in [2.75, 3.05) is 11.1 Å². The van der Waals surface area contributed by atoms with Gasteiger partial charge in [0.05, 0.1) is 23.3 Å². The predicted octanol–water partition coefficient (Wildman–Crippen LogP) is 4.43. The lowest BCUT2D eigenvalue weighted by Crippen LogP contribution is -2.27. The number of pyridine rings is 1. The lowest BCUT2D eigenvalue weighted by Gasteiger charge is -2.22. The molecule has 0 amide bonds. The Morgan fingerprint density at radius 2 is 1.85 bits per heavy atom. The molecule has 2 aromatic carbocycles. The van der Waals surface area contributed by atoms with Gasteiger partial charge < -0.3 is 16.0 Å². The molecule has 0 aliphatic rings. The maximum absolute atomic E-state index is 13.7. The number of nitrogens with zero attached hydrogens (tertiary/aromatic N) is 4. The summed E-state index contributed by atoms with van der Waals surface area (Å²) in [7, 11) is 0. The van der Waals surface area contributed by atoms with Crippen molar-refractivity contribution < 1.29 is 13.2 Å². The van der Waals surface area contributed by atoms with Crippen molar-refractivity contribution in [3.8, 4) is 5.69 Å². The molecule has 0 saturated heterocycles. The first-order chi connectivity index (χ1) is 16.2. The van der Waals surface area contributed by atoms with Crippen LogP contribution in [0.25, 0.3) is 27.6 Å². The fraction of sp³-hybridized carbons (Fsp3) is 0.130. The van der Waals surface area contributed by atoms with Gasteiger partial charge in [-0.25, -0.2) is 4.98 Å². The van der Waals surface area contributed by atoms with Crippen LogP contribution < -0.4 is 16.6 Å². The first-order valence-corrected chi connectivity index (χ1v) is 10.3. The fourth-order valence-corrected chi connectivity index (χ4v) is 4.01. The minimum atomic E-state index is -4.68. The molecule has 5 aromatic rings. The molecule has 5 rings (SSSR count). The molecule has 0 bridgehead atoms. The van der Waals surface area contributed by atoms with Gasteiger partial charge >= 0.3 is 6.18 Å². The maximum atomic E-state index is 13.7. The molecule has 4 N–H and O–H groups in total. The number of fused-ring (bicyclic) bond motifs is 2. The largest absolute Gasteiger partial charge is 0.417 e. The third-order valence-corrected chi connectivity index (χ3v) is 5.49. The first kappa shape index (κ1) is 21.4. The van der Waals surface area contributed by atoms with E-state index in [0.29, 0.717) is 28.4 Å². The molecular weight excluding hydrogens is 447 g/mol. The molecule has 1 atom stereocenters. The van der Waals surface area contributed by atoms with Gasteiger partial charge in [0, 0.05) is 11.4 Å². The van der Waals surface area contributed by atoms with E-state index in [-0.39, 0.29) is 11.3 Å². The summed E-state index contributed by atoms with van der Waals surface area (Å²) in [5.41, 5.74) is 5.79. The fourth-order valence-electron chi connectivity index (χ4n) is 4.01. The van der Waals surface area contributed by atoms with Gasteiger partial charge in [-0.15, -0.1) is 0 Å². The van der Waals surface area contributed by atoms with E-state index in [9.17, 15) is 18.0 Å². The van der Waals surface area contributed by atoms with Crippen LogP contribution >= 0.6 is 0 Å². The standard InChI is InChI=1S/C23H18F3N7O/c1-12(30-20-18-19(29-11-28-18)31-22(27)32-20)16-10-13-6-5-9-15(23(24,25)26)17(13)21(34)33(16)14-7-3-2-4-8-14/h2-12H,1H3,(H4,27,28,29,30,31,32). The van der Waals surface area contributed by atoms with E-state index in [4.69, 9.17) is 5.73 Å². The number of aromatic amines is 1. The van der Waals surface area contributed by atoms with E-state index in [2.05, 4.69) is 25.3 Å². The van der Waals surface area contributed by atoms with Crippen molar-refractivity contribution >= 4 is 33.7 Å². The van der Waals surface area contributed by atoms with Crippen LogP contribution in [0.15, 0.2) is 65.7 Å². The van der Waals surface area contributed by atoms with E-state index < -0.39 is 28.7 Å². The number of hydrogen-bond acceptors (Lipinski definition) is 6. The Labute approximate surface area is 190 Å². The van der Waals surface area contributed by atoms with Crippen LogP contribution in [0.3, 0.4) is 0 Å². The lowest BCUT2D eigenvalue weighted by molar-refractivity contribution is -0.136. The molecule has 11 heteroatoms. The van der Waals surface area contributed by atoms with Gasteiger partial charge in [0.15, 0.2) is 11.5 Å². The number of hydrogen-bond donors (Lipinski definition) is 3. The zero-order chi connectivity index (χ0) is 24.0. The molecule has 0 fully saturated rings. The van der Waals surface area contributed by atoms with E-state index in [0.717, 1.165) is 6.07 Å². The second-order valence-electron chi connectivity index (χ2n) is 7.71. The Balaban J connectivity index is 1.74. The summed E-state index contributed by atoms with van der Waals surface area (Å²) in [5, 5.41) is 2.98. The second-order valence-corrected chi connectivity index (χ2v) is 7.71. The van der Waals surface area contributed by atoms with Crippen LogP contribution in [-0.2, 0) is 6.18 Å². The number of nitrogens with two attached hydrogens (primary N) is 1. The topological polar surface area (TPSA) is 115 Å². The minimum Gasteiger partial charge on any atom is -0.368 e. The van der Waals surface area contributed by atoms with Crippen molar-refractivity contribution in [2.45, 2.75) is 19.1 Å². The number of halogens is 3. The number of aromatic nitrogens is 5. The van der Waals surface area contributed by atoms with Crippen LogP contribution in [0, 0.1) is 0 Å². The quantitative estimate of drug-likeness (QED) is 0.362. The highest BCUT2D eigenvalue weighted by atomic mass is 19.4. The number of H-pyrrole nitrogens is 1. The number of rotatable bonds is 4. The first-order valence-electron chi connectivity index (χ1n) is 10.3. The van der Waals surface area contributed by atoms with Crippen LogP contribution in [0.5, 0.6) is 0 Å². The number of para-hydroxylation sites is 1. The number of imidazole rings is 1. The number of nitrogen functional groups attached to an aromatic ring is 1. The summed E-state index contributed by atoms with van der Waals surface area (Å²) in [6.07, 6.45) is -3.23. The molecule has 0 radical (unpaired) electrons. The average molecular weight is 465 g/mol. The average Bonchev–Trinajstić information content (AvgIpc) is 3.27. The molecule has 172 valence electrons. The number of anilines is 2. The van der Waals surface area contributed by atoms with Crippen LogP contribution in [0.1, 0.15) is 24.2 Å². The van der Waals surface area contributed by atoms with Crippen molar-refractivity contribution in [1.29, 1.82) is 0 Å². The molecule has 1 unspecified atom stereocenters. The summed E-state index contributed by atoms with van der Waals surface area (Å²) in [5.74, 6) is 0.354. The molecule has 0 aliphatic heterocycles. The Kier molecular flexibility index (Phi) is 4.96. The number of benzene rings is 2. The monoisotopic (exact) mass is 465 g/mol. The predicted molar refractivity (Wildman–Crippen MR) is 123 cm³/mol. The van der Waals surface area contributed by atoms with Gasteiger partial charge in [0.25, 0.3) is 5.56 Å². The molecule has 0 aliphatic carbocycles. The smallest absolute Gasteiger partial charge is 0.368 e. The summed E-state index contributed by atoms with van der Waals surface area (Å²) in [4.78, 5) is 28.9. The molecule has 3 heterocycles. The molecular formula is C23H18F3N7O. The van der Waals surface area contributed by atoms with E-state index in [1.54, 1.807) is 43.3 Å². The van der Waals surface area contributed by atoms with E-state index in [1.807, 2.05) is 0 Å². The SMILES string of the molecule is CC(Nc1nc(N)nc2nc[nH]c12)c1cc2cccc(C(F)(F)F)c2c(=O)n1-c1ccccc1. The van der Waals surface area contributed by atoms with Gasteiger partial charge in [-0.3, -0.25) is 9.36 Å². The Morgan fingerprint density at radius 1 is 1.09 bits per heavy atom. The molecule has 34 heavy (non-hydrogen) atoms. The third kappa shape index (κ3) is 3.60. The number of nitrogens with one attached hydrogen (secondary N) is 2. The van der Waals surface area contributed by atoms with Crippen molar-refractivity contribution in [2.24, 2.45) is 0 Å². The van der Waals surface area contributed by atoms with Gasteiger partial charge in [0.1, 0.15) is 5.52 Å². The zero-order valence-electron chi connectivity index (χ0n) is 17.8. The van der Waals surface area contributed by atoms with Crippen molar-refractivity contribution in [3.63, 3.8) is 0 Å². The second kappa shape index (κ2) is 7.87. The highest BCUT2D eigenvalue weighted by Gasteiger charge is 2.34. The highest BCUT2D eigenvalue weighted by Crippen LogP contribution is 2.35. The van der Waals surface area contributed by atoms with E-state index >= 15 is 0 Å².